The first-order chi connectivity index (χ1) is 6.29. The SMILES string of the molecule is CCCC[SiH]1CCNC1(OC)OC. The molecule has 0 aliphatic carbocycles. The molecule has 1 aliphatic heterocycles. The zero-order valence-electron chi connectivity index (χ0n) is 8.93. The Morgan fingerprint density at radius 2 is 2.08 bits per heavy atom. The third-order valence-corrected chi connectivity index (χ3v) is 6.76. The molecule has 0 aromatic heterocycles. The Hall–Kier alpha value is 0.0969. The summed E-state index contributed by atoms with van der Waals surface area (Å²) in [4.78, 5) is 0. The van der Waals surface area contributed by atoms with Crippen LogP contribution < -0.4 is 5.32 Å². The number of ether oxygens (including phenoxy) is 2. The second-order valence-corrected chi connectivity index (χ2v) is 6.94. The van der Waals surface area contributed by atoms with E-state index < -0.39 is 8.80 Å². The summed E-state index contributed by atoms with van der Waals surface area (Å²) in [6.07, 6.45) is 2.58. The minimum Gasteiger partial charge on any atom is -0.345 e. The topological polar surface area (TPSA) is 30.5 Å². The first-order valence-electron chi connectivity index (χ1n) is 5.14. The number of rotatable bonds is 5. The van der Waals surface area contributed by atoms with Gasteiger partial charge in [-0.3, -0.25) is 5.32 Å². The Morgan fingerprint density at radius 1 is 1.38 bits per heavy atom. The van der Waals surface area contributed by atoms with Crippen molar-refractivity contribution in [2.24, 2.45) is 0 Å². The lowest BCUT2D eigenvalue weighted by Gasteiger charge is -2.31. The van der Waals surface area contributed by atoms with Crippen molar-refractivity contribution in [2.45, 2.75) is 37.4 Å². The molecule has 1 unspecified atom stereocenters. The predicted molar refractivity (Wildman–Crippen MR) is 56.4 cm³/mol. The van der Waals surface area contributed by atoms with Crippen LogP contribution in [-0.4, -0.2) is 35.1 Å². The molecule has 3 nitrogen and oxygen atoms in total. The van der Waals surface area contributed by atoms with Gasteiger partial charge in [0.05, 0.1) is 0 Å². The van der Waals surface area contributed by atoms with E-state index in [-0.39, 0.29) is 5.53 Å². The molecule has 0 radical (unpaired) electrons. The highest BCUT2D eigenvalue weighted by molar-refractivity contribution is 6.62. The van der Waals surface area contributed by atoms with Crippen LogP contribution in [0.3, 0.4) is 0 Å². The van der Waals surface area contributed by atoms with E-state index in [0.29, 0.717) is 0 Å². The molecular formula is C9H21NO2Si. The quantitative estimate of drug-likeness (QED) is 0.536. The average molecular weight is 203 g/mol. The number of hydrogen-bond acceptors (Lipinski definition) is 3. The molecule has 0 amide bonds. The first kappa shape index (κ1) is 11.2. The maximum atomic E-state index is 5.49. The van der Waals surface area contributed by atoms with Gasteiger partial charge in [0.15, 0.2) is 0 Å². The van der Waals surface area contributed by atoms with Gasteiger partial charge in [0.2, 0.25) is 5.53 Å². The van der Waals surface area contributed by atoms with Crippen molar-refractivity contribution in [3.63, 3.8) is 0 Å². The molecular weight excluding hydrogens is 182 g/mol. The Balaban J connectivity index is 2.50. The molecule has 1 saturated heterocycles. The number of hydrogen-bond donors (Lipinski definition) is 1. The van der Waals surface area contributed by atoms with Crippen LogP contribution >= 0.6 is 0 Å². The summed E-state index contributed by atoms with van der Waals surface area (Å²) in [6, 6.07) is 2.62. The molecule has 13 heavy (non-hydrogen) atoms. The largest absolute Gasteiger partial charge is 0.345 e. The van der Waals surface area contributed by atoms with Gasteiger partial charge in [-0.25, -0.2) is 0 Å². The molecule has 0 spiro atoms. The molecule has 1 atom stereocenters. The minimum absolute atomic E-state index is 0.366. The van der Waals surface area contributed by atoms with Crippen molar-refractivity contribution in [3.05, 3.63) is 0 Å². The van der Waals surface area contributed by atoms with Crippen molar-refractivity contribution < 1.29 is 9.47 Å². The fraction of sp³-hybridized carbons (Fsp3) is 1.00. The van der Waals surface area contributed by atoms with E-state index >= 15 is 0 Å². The third-order valence-electron chi connectivity index (χ3n) is 2.91. The van der Waals surface area contributed by atoms with E-state index in [1.165, 1.54) is 24.9 Å². The van der Waals surface area contributed by atoms with Gasteiger partial charge in [0.1, 0.15) is 8.80 Å². The molecule has 1 heterocycles. The monoisotopic (exact) mass is 203 g/mol. The van der Waals surface area contributed by atoms with Gasteiger partial charge in [0, 0.05) is 14.2 Å². The summed E-state index contributed by atoms with van der Waals surface area (Å²) in [5.41, 5.74) is -0.366. The van der Waals surface area contributed by atoms with Crippen LogP contribution in [-0.2, 0) is 9.47 Å². The number of unbranched alkanes of at least 4 members (excludes halogenated alkanes) is 1. The van der Waals surface area contributed by atoms with Gasteiger partial charge in [0.25, 0.3) is 0 Å². The van der Waals surface area contributed by atoms with Gasteiger partial charge >= 0.3 is 0 Å². The summed E-state index contributed by atoms with van der Waals surface area (Å²) in [6.45, 7) is 3.29. The Labute approximate surface area is 82.4 Å². The van der Waals surface area contributed by atoms with Gasteiger partial charge in [-0.15, -0.1) is 0 Å². The molecule has 0 aromatic rings. The lowest BCUT2D eigenvalue weighted by atomic mass is 10.4. The zero-order valence-corrected chi connectivity index (χ0v) is 10.1. The van der Waals surface area contributed by atoms with Gasteiger partial charge in [-0.1, -0.05) is 25.8 Å². The molecule has 4 heteroatoms. The maximum Gasteiger partial charge on any atom is 0.200 e. The van der Waals surface area contributed by atoms with Crippen LogP contribution in [0, 0.1) is 0 Å². The van der Waals surface area contributed by atoms with Crippen molar-refractivity contribution >= 4 is 8.80 Å². The molecule has 0 bridgehead atoms. The van der Waals surface area contributed by atoms with E-state index in [9.17, 15) is 0 Å². The highest BCUT2D eigenvalue weighted by Crippen LogP contribution is 2.25. The van der Waals surface area contributed by atoms with Crippen LogP contribution in [0.5, 0.6) is 0 Å². The van der Waals surface area contributed by atoms with E-state index in [0.717, 1.165) is 6.54 Å². The van der Waals surface area contributed by atoms with E-state index in [1.807, 2.05) is 0 Å². The van der Waals surface area contributed by atoms with Crippen molar-refractivity contribution in [1.82, 2.24) is 5.32 Å². The third kappa shape index (κ3) is 2.31. The lowest BCUT2D eigenvalue weighted by Crippen LogP contribution is -2.53. The number of methoxy groups -OCH3 is 2. The van der Waals surface area contributed by atoms with Crippen molar-refractivity contribution in [2.75, 3.05) is 20.8 Å². The predicted octanol–water partition coefficient (Wildman–Crippen LogP) is 1.10. The summed E-state index contributed by atoms with van der Waals surface area (Å²) in [5.74, 6) is 0. The van der Waals surface area contributed by atoms with E-state index in [4.69, 9.17) is 9.47 Å². The smallest absolute Gasteiger partial charge is 0.200 e. The van der Waals surface area contributed by atoms with Gasteiger partial charge < -0.3 is 9.47 Å². The Morgan fingerprint density at radius 3 is 2.62 bits per heavy atom. The van der Waals surface area contributed by atoms with E-state index in [1.54, 1.807) is 14.2 Å². The first-order valence-corrected chi connectivity index (χ1v) is 7.35. The summed E-state index contributed by atoms with van der Waals surface area (Å²) < 4.78 is 11.0. The molecule has 1 fully saturated rings. The standard InChI is InChI=1S/C9H21NO2Si/c1-4-5-7-13-8-6-10-9(13,11-2)12-3/h10,13H,4-8H2,1-3H3. The highest BCUT2D eigenvalue weighted by atomic mass is 28.3. The average Bonchev–Trinajstić information content (AvgIpc) is 2.58. The molecule has 0 aromatic carbocycles. The summed E-state index contributed by atoms with van der Waals surface area (Å²) >= 11 is 0. The Kier molecular flexibility index (Phi) is 4.38. The van der Waals surface area contributed by atoms with Crippen molar-refractivity contribution in [1.29, 1.82) is 0 Å². The normalized spacial score (nSPS) is 26.5. The Bertz CT molecular complexity index is 151. The van der Waals surface area contributed by atoms with Gasteiger partial charge in [-0.2, -0.15) is 0 Å². The fourth-order valence-electron chi connectivity index (χ4n) is 2.10. The summed E-state index contributed by atoms with van der Waals surface area (Å²) in [5, 5.41) is 3.35. The summed E-state index contributed by atoms with van der Waals surface area (Å²) in [7, 11) is 2.58. The molecule has 78 valence electrons. The van der Waals surface area contributed by atoms with Crippen molar-refractivity contribution in [3.8, 4) is 0 Å². The molecule has 0 saturated carbocycles. The highest BCUT2D eigenvalue weighted by Gasteiger charge is 2.43. The van der Waals surface area contributed by atoms with E-state index in [2.05, 4.69) is 12.2 Å². The number of nitrogens with one attached hydrogen (secondary N) is 1. The second-order valence-electron chi connectivity index (χ2n) is 3.63. The van der Waals surface area contributed by atoms with Crippen LogP contribution in [0.2, 0.25) is 12.1 Å². The van der Waals surface area contributed by atoms with Crippen LogP contribution in [0.25, 0.3) is 0 Å². The van der Waals surface area contributed by atoms with Gasteiger partial charge in [-0.05, 0) is 12.6 Å². The van der Waals surface area contributed by atoms with Crippen LogP contribution in [0.4, 0.5) is 0 Å². The lowest BCUT2D eigenvalue weighted by molar-refractivity contribution is -0.162. The molecule has 1 N–H and O–H groups in total. The van der Waals surface area contributed by atoms with Crippen LogP contribution in [0.15, 0.2) is 0 Å². The molecule has 1 aliphatic rings. The minimum atomic E-state index is -0.905. The molecule has 1 rings (SSSR count). The van der Waals surface area contributed by atoms with Crippen LogP contribution in [0.1, 0.15) is 19.8 Å². The zero-order chi connectivity index (χ0) is 9.73. The fourth-order valence-corrected chi connectivity index (χ4v) is 5.64. The second kappa shape index (κ2) is 5.10. The maximum absolute atomic E-state index is 5.49.